The summed E-state index contributed by atoms with van der Waals surface area (Å²) in [6.45, 7) is 1.46. The van der Waals surface area contributed by atoms with Crippen LogP contribution >= 0.6 is 11.6 Å². The predicted molar refractivity (Wildman–Crippen MR) is 122 cm³/mol. The third-order valence-corrected chi connectivity index (χ3v) is 5.46. The molecule has 0 aliphatic rings. The average Bonchev–Trinajstić information content (AvgIpc) is 3.24. The van der Waals surface area contributed by atoms with E-state index in [0.29, 0.717) is 10.6 Å². The predicted octanol–water partition coefficient (Wildman–Crippen LogP) is 3.91. The summed E-state index contributed by atoms with van der Waals surface area (Å²) in [6.07, 6.45) is -2.71. The number of fused-ring (bicyclic) bond motifs is 1. The first kappa shape index (κ1) is 24.7. The van der Waals surface area contributed by atoms with Gasteiger partial charge in [-0.1, -0.05) is 11.6 Å². The number of nitriles is 1. The van der Waals surface area contributed by atoms with Crippen LogP contribution in [-0.4, -0.2) is 35.2 Å². The number of nitrogens with one attached hydrogen (secondary N) is 1. The standard InChI is InChI=1S/C22H15ClF3N7O3/c1-10(28-14-3-4-16(23)29-18(14)21(35)36)12-7-11(22(24,25)26)9-33-19(12)30-17(13(8-27)20(33)34)15-5-6-32(2)31-15/h3-7,9-10,28H,1-2H3,(H,35,36)/t10-/m1/s1. The van der Waals surface area contributed by atoms with Crippen LogP contribution in [0, 0.1) is 11.3 Å². The molecule has 0 spiro atoms. The molecule has 36 heavy (non-hydrogen) atoms. The van der Waals surface area contributed by atoms with Crippen molar-refractivity contribution in [3.63, 3.8) is 0 Å². The van der Waals surface area contributed by atoms with E-state index in [1.807, 2.05) is 0 Å². The first-order valence-corrected chi connectivity index (χ1v) is 10.5. The quantitative estimate of drug-likeness (QED) is 0.380. The van der Waals surface area contributed by atoms with Crippen molar-refractivity contribution in [1.82, 2.24) is 24.1 Å². The lowest BCUT2D eigenvalue weighted by Gasteiger charge is -2.20. The maximum atomic E-state index is 13.7. The van der Waals surface area contributed by atoms with Gasteiger partial charge in [-0.25, -0.2) is 14.8 Å². The number of nitrogens with zero attached hydrogens (tertiary/aromatic N) is 6. The molecule has 0 aliphatic carbocycles. The molecule has 4 heterocycles. The Kier molecular flexibility index (Phi) is 6.15. The minimum Gasteiger partial charge on any atom is -0.476 e. The second-order valence-corrected chi connectivity index (χ2v) is 8.09. The minimum atomic E-state index is -4.83. The van der Waals surface area contributed by atoms with Crippen molar-refractivity contribution < 1.29 is 23.1 Å². The molecule has 4 aromatic rings. The van der Waals surface area contributed by atoms with Crippen molar-refractivity contribution in [2.75, 3.05) is 5.32 Å². The molecule has 2 N–H and O–H groups in total. The molecule has 1 atom stereocenters. The number of rotatable bonds is 5. The minimum absolute atomic E-state index is 0.0177. The summed E-state index contributed by atoms with van der Waals surface area (Å²) in [4.78, 5) is 32.8. The molecule has 0 saturated heterocycles. The van der Waals surface area contributed by atoms with E-state index in [9.17, 15) is 33.1 Å². The average molecular weight is 518 g/mol. The SMILES string of the molecule is C[C@@H](Nc1ccc(Cl)nc1C(=O)O)c1cc(C(F)(F)F)cn2c(=O)c(C#N)c(-c3ccn(C)n3)nc12. The Morgan fingerprint density at radius 2 is 2.00 bits per heavy atom. The summed E-state index contributed by atoms with van der Waals surface area (Å²) >= 11 is 5.78. The van der Waals surface area contributed by atoms with Crippen molar-refractivity contribution in [3.05, 3.63) is 74.6 Å². The van der Waals surface area contributed by atoms with Crippen LogP contribution in [0.5, 0.6) is 0 Å². The van der Waals surface area contributed by atoms with Gasteiger partial charge in [-0.2, -0.15) is 23.5 Å². The molecule has 184 valence electrons. The third-order valence-electron chi connectivity index (χ3n) is 5.25. The number of carboxylic acid groups (broad SMARTS) is 1. The number of aromatic nitrogens is 5. The Balaban J connectivity index is 1.99. The number of hydrogen-bond donors (Lipinski definition) is 2. The molecule has 0 radical (unpaired) electrons. The normalized spacial score (nSPS) is 12.4. The van der Waals surface area contributed by atoms with Crippen LogP contribution in [0.25, 0.3) is 17.0 Å². The van der Waals surface area contributed by atoms with Gasteiger partial charge in [0.05, 0.1) is 17.3 Å². The number of aromatic carboxylic acids is 1. The van der Waals surface area contributed by atoms with Gasteiger partial charge in [0.2, 0.25) is 0 Å². The second kappa shape index (κ2) is 8.97. The maximum Gasteiger partial charge on any atom is 0.417 e. The highest BCUT2D eigenvalue weighted by atomic mass is 35.5. The molecule has 0 amide bonds. The van der Waals surface area contributed by atoms with Crippen molar-refractivity contribution >= 4 is 28.9 Å². The lowest BCUT2D eigenvalue weighted by Crippen LogP contribution is -2.24. The molecular weight excluding hydrogens is 503 g/mol. The van der Waals surface area contributed by atoms with Crippen LogP contribution in [0.1, 0.15) is 40.1 Å². The van der Waals surface area contributed by atoms with Crippen LogP contribution in [0.4, 0.5) is 18.9 Å². The summed E-state index contributed by atoms with van der Waals surface area (Å²) in [7, 11) is 1.61. The number of hydrogen-bond acceptors (Lipinski definition) is 7. The van der Waals surface area contributed by atoms with Gasteiger partial charge in [0, 0.05) is 25.0 Å². The molecule has 10 nitrogen and oxygen atoms in total. The number of carboxylic acids is 1. The zero-order valence-corrected chi connectivity index (χ0v) is 19.3. The van der Waals surface area contributed by atoms with Crippen LogP contribution in [0.3, 0.4) is 0 Å². The lowest BCUT2D eigenvalue weighted by molar-refractivity contribution is -0.137. The number of halogens is 4. The first-order chi connectivity index (χ1) is 16.9. The molecule has 4 rings (SSSR count). The summed E-state index contributed by atoms with van der Waals surface area (Å²) in [5.41, 5.74) is -3.31. The molecule has 0 unspecified atom stereocenters. The third kappa shape index (κ3) is 4.46. The molecule has 0 saturated carbocycles. The largest absolute Gasteiger partial charge is 0.476 e. The lowest BCUT2D eigenvalue weighted by atomic mass is 10.1. The summed E-state index contributed by atoms with van der Waals surface area (Å²) in [5, 5.41) is 25.9. The van der Waals surface area contributed by atoms with Gasteiger partial charge >= 0.3 is 12.1 Å². The molecule has 4 aromatic heterocycles. The van der Waals surface area contributed by atoms with Gasteiger partial charge in [0.25, 0.3) is 5.56 Å². The Morgan fingerprint density at radius 1 is 1.28 bits per heavy atom. The van der Waals surface area contributed by atoms with E-state index in [-0.39, 0.29) is 33.4 Å². The van der Waals surface area contributed by atoms with Crippen molar-refractivity contribution in [2.24, 2.45) is 7.05 Å². The highest BCUT2D eigenvalue weighted by Crippen LogP contribution is 2.34. The molecular formula is C22H15ClF3N7O3. The van der Waals surface area contributed by atoms with E-state index >= 15 is 0 Å². The fraction of sp³-hybridized carbons (Fsp3) is 0.182. The number of aryl methyl sites for hydroxylation is 1. The number of carbonyl (C=O) groups is 1. The van der Waals surface area contributed by atoms with E-state index in [1.54, 1.807) is 19.3 Å². The van der Waals surface area contributed by atoms with E-state index in [1.165, 1.54) is 29.8 Å². The van der Waals surface area contributed by atoms with Crippen LogP contribution in [0.2, 0.25) is 5.15 Å². The van der Waals surface area contributed by atoms with Gasteiger partial charge in [-0.3, -0.25) is 13.9 Å². The Labute approximate surface area is 205 Å². The van der Waals surface area contributed by atoms with Crippen LogP contribution in [-0.2, 0) is 13.2 Å². The van der Waals surface area contributed by atoms with E-state index in [2.05, 4.69) is 20.4 Å². The van der Waals surface area contributed by atoms with Gasteiger partial charge < -0.3 is 10.4 Å². The molecule has 0 aliphatic heterocycles. The van der Waals surface area contributed by atoms with Crippen LogP contribution < -0.4 is 10.9 Å². The Hall–Kier alpha value is -4.44. The smallest absolute Gasteiger partial charge is 0.417 e. The number of alkyl halides is 3. The highest BCUT2D eigenvalue weighted by molar-refractivity contribution is 6.29. The molecule has 0 bridgehead atoms. The van der Waals surface area contributed by atoms with E-state index < -0.39 is 40.6 Å². The number of pyridine rings is 2. The van der Waals surface area contributed by atoms with Crippen molar-refractivity contribution in [2.45, 2.75) is 19.1 Å². The van der Waals surface area contributed by atoms with Crippen molar-refractivity contribution in [1.29, 1.82) is 5.26 Å². The zero-order valence-electron chi connectivity index (χ0n) is 18.5. The fourth-order valence-electron chi connectivity index (χ4n) is 3.59. The molecule has 0 aromatic carbocycles. The molecule has 14 heteroatoms. The monoisotopic (exact) mass is 517 g/mol. The van der Waals surface area contributed by atoms with E-state index in [0.717, 1.165) is 6.07 Å². The fourth-order valence-corrected chi connectivity index (χ4v) is 3.74. The highest BCUT2D eigenvalue weighted by Gasteiger charge is 2.33. The van der Waals surface area contributed by atoms with Gasteiger partial charge in [-0.15, -0.1) is 0 Å². The number of anilines is 1. The summed E-state index contributed by atoms with van der Waals surface area (Å²) in [5.74, 6) is -1.41. The maximum absolute atomic E-state index is 13.7. The van der Waals surface area contributed by atoms with Gasteiger partial charge in [0.1, 0.15) is 33.8 Å². The van der Waals surface area contributed by atoms with Crippen LogP contribution in [0.15, 0.2) is 41.5 Å². The summed E-state index contributed by atoms with van der Waals surface area (Å²) < 4.78 is 43.2. The van der Waals surface area contributed by atoms with Crippen molar-refractivity contribution in [3.8, 4) is 17.5 Å². The first-order valence-electron chi connectivity index (χ1n) is 10.1. The summed E-state index contributed by atoms with van der Waals surface area (Å²) in [6, 6.07) is 5.64. The topological polar surface area (TPSA) is 138 Å². The van der Waals surface area contributed by atoms with E-state index in [4.69, 9.17) is 11.6 Å². The second-order valence-electron chi connectivity index (χ2n) is 7.70. The Morgan fingerprint density at radius 3 is 2.58 bits per heavy atom. The zero-order chi connectivity index (χ0) is 26.4. The molecule has 0 fully saturated rings. The van der Waals surface area contributed by atoms with Gasteiger partial charge in [0.15, 0.2) is 5.69 Å². The van der Waals surface area contributed by atoms with Gasteiger partial charge in [-0.05, 0) is 31.2 Å². The Bertz CT molecular complexity index is 1620.